The Morgan fingerprint density at radius 1 is 1.37 bits per heavy atom. The molecular formula is C13H13N3O3. The summed E-state index contributed by atoms with van der Waals surface area (Å²) in [5.41, 5.74) is 1.40. The molecule has 0 aliphatic rings. The Hall–Kier alpha value is -2.63. The smallest absolute Gasteiger partial charge is 0.357 e. The third-order valence-corrected chi connectivity index (χ3v) is 2.55. The van der Waals surface area contributed by atoms with Gasteiger partial charge in [-0.05, 0) is 24.6 Å². The highest BCUT2D eigenvalue weighted by molar-refractivity contribution is 6.09. The number of carbonyl (C=O) groups is 2. The number of carboxylic acids is 1. The van der Waals surface area contributed by atoms with E-state index < -0.39 is 11.9 Å². The van der Waals surface area contributed by atoms with Gasteiger partial charge in [-0.2, -0.15) is 5.10 Å². The molecule has 2 aromatic rings. The first kappa shape index (κ1) is 12.8. The zero-order valence-corrected chi connectivity index (χ0v) is 10.5. The first-order valence-corrected chi connectivity index (χ1v) is 5.62. The van der Waals surface area contributed by atoms with E-state index in [-0.39, 0.29) is 11.3 Å². The van der Waals surface area contributed by atoms with Crippen LogP contribution in [0, 0.1) is 6.92 Å². The number of carbonyl (C=O) groups excluding carboxylic acids is 1. The molecule has 0 saturated heterocycles. The molecule has 2 N–H and O–H groups in total. The number of nitrogens with one attached hydrogen (secondary N) is 1. The lowest BCUT2D eigenvalue weighted by molar-refractivity contribution is 0.0685. The maximum Gasteiger partial charge on any atom is 0.357 e. The summed E-state index contributed by atoms with van der Waals surface area (Å²) in [5, 5.41) is 15.4. The van der Waals surface area contributed by atoms with Crippen LogP contribution >= 0.6 is 0 Å². The summed E-state index contributed by atoms with van der Waals surface area (Å²) in [6, 6.07) is 7.26. The Balaban J connectivity index is 2.28. The molecule has 98 valence electrons. The summed E-state index contributed by atoms with van der Waals surface area (Å²) in [5.74, 6) is -1.72. The molecule has 1 amide bonds. The number of aromatic nitrogens is 2. The van der Waals surface area contributed by atoms with Crippen molar-refractivity contribution in [2.45, 2.75) is 6.92 Å². The molecule has 0 saturated carbocycles. The van der Waals surface area contributed by atoms with Crippen LogP contribution in [0.3, 0.4) is 0 Å². The topological polar surface area (TPSA) is 84.2 Å². The predicted octanol–water partition coefficient (Wildman–Crippen LogP) is 1.68. The van der Waals surface area contributed by atoms with Crippen LogP contribution in [0.1, 0.15) is 26.4 Å². The van der Waals surface area contributed by atoms with Crippen molar-refractivity contribution in [3.05, 3.63) is 47.3 Å². The molecule has 0 aliphatic carbocycles. The Labute approximate surface area is 109 Å². The standard InChI is InChI=1S/C13H13N3O3/c1-8-4-3-5-9(6-8)14-12(17)10-7-16(2)15-11(10)13(18)19/h3-7H,1-2H3,(H,14,17)(H,18,19). The van der Waals surface area contributed by atoms with Crippen molar-refractivity contribution in [1.29, 1.82) is 0 Å². The van der Waals surface area contributed by atoms with Gasteiger partial charge in [0, 0.05) is 18.9 Å². The number of anilines is 1. The lowest BCUT2D eigenvalue weighted by Crippen LogP contribution is -2.15. The molecule has 1 aromatic carbocycles. The summed E-state index contributed by atoms with van der Waals surface area (Å²) in [6.45, 7) is 1.91. The number of rotatable bonds is 3. The van der Waals surface area contributed by atoms with E-state index in [4.69, 9.17) is 5.11 Å². The minimum absolute atomic E-state index is 0.0384. The summed E-state index contributed by atoms with van der Waals surface area (Å²) in [6.07, 6.45) is 1.38. The van der Waals surface area contributed by atoms with Gasteiger partial charge in [-0.1, -0.05) is 12.1 Å². The number of amides is 1. The maximum atomic E-state index is 12.0. The minimum Gasteiger partial charge on any atom is -0.476 e. The highest BCUT2D eigenvalue weighted by Crippen LogP contribution is 2.13. The fourth-order valence-electron chi connectivity index (χ4n) is 1.73. The van der Waals surface area contributed by atoms with E-state index in [2.05, 4.69) is 10.4 Å². The lowest BCUT2D eigenvalue weighted by Gasteiger charge is -2.04. The van der Waals surface area contributed by atoms with Crippen LogP contribution < -0.4 is 5.32 Å². The molecule has 19 heavy (non-hydrogen) atoms. The fraction of sp³-hybridized carbons (Fsp3) is 0.154. The second-order valence-electron chi connectivity index (χ2n) is 4.19. The number of benzene rings is 1. The maximum absolute atomic E-state index is 12.0. The summed E-state index contributed by atoms with van der Waals surface area (Å²) in [7, 11) is 1.57. The molecule has 1 heterocycles. The number of aryl methyl sites for hydroxylation is 2. The highest BCUT2D eigenvalue weighted by Gasteiger charge is 2.20. The third-order valence-electron chi connectivity index (χ3n) is 2.55. The fourth-order valence-corrected chi connectivity index (χ4v) is 1.73. The molecule has 0 spiro atoms. The molecule has 0 unspecified atom stereocenters. The van der Waals surface area contributed by atoms with E-state index in [1.807, 2.05) is 19.1 Å². The zero-order chi connectivity index (χ0) is 14.0. The zero-order valence-electron chi connectivity index (χ0n) is 10.5. The van der Waals surface area contributed by atoms with Crippen LogP contribution in [0.2, 0.25) is 0 Å². The largest absolute Gasteiger partial charge is 0.476 e. The summed E-state index contributed by atoms with van der Waals surface area (Å²) >= 11 is 0. The van der Waals surface area contributed by atoms with Gasteiger partial charge in [0.1, 0.15) is 0 Å². The SMILES string of the molecule is Cc1cccc(NC(=O)c2cn(C)nc2C(=O)O)c1. The highest BCUT2D eigenvalue weighted by atomic mass is 16.4. The van der Waals surface area contributed by atoms with E-state index in [1.54, 1.807) is 19.2 Å². The van der Waals surface area contributed by atoms with Gasteiger partial charge in [0.15, 0.2) is 5.69 Å². The van der Waals surface area contributed by atoms with Crippen LogP contribution in [-0.2, 0) is 7.05 Å². The van der Waals surface area contributed by atoms with E-state index in [0.717, 1.165) is 5.56 Å². The normalized spacial score (nSPS) is 10.2. The van der Waals surface area contributed by atoms with Crippen LogP contribution in [0.25, 0.3) is 0 Å². The van der Waals surface area contributed by atoms with Crippen LogP contribution in [-0.4, -0.2) is 26.8 Å². The molecule has 0 aliphatic heterocycles. The molecule has 0 fully saturated rings. The molecule has 0 radical (unpaired) electrons. The Bertz CT molecular complexity index is 646. The lowest BCUT2D eigenvalue weighted by atomic mass is 10.2. The van der Waals surface area contributed by atoms with Gasteiger partial charge in [-0.3, -0.25) is 9.48 Å². The molecule has 0 atom stereocenters. The molecule has 0 bridgehead atoms. The quantitative estimate of drug-likeness (QED) is 0.878. The van der Waals surface area contributed by atoms with Gasteiger partial charge in [-0.25, -0.2) is 4.79 Å². The van der Waals surface area contributed by atoms with Crippen molar-refractivity contribution in [3.8, 4) is 0 Å². The summed E-state index contributed by atoms with van der Waals surface area (Å²) in [4.78, 5) is 23.0. The van der Waals surface area contributed by atoms with Crippen molar-refractivity contribution in [1.82, 2.24) is 9.78 Å². The number of nitrogens with zero attached hydrogens (tertiary/aromatic N) is 2. The van der Waals surface area contributed by atoms with E-state index in [0.29, 0.717) is 5.69 Å². The number of aromatic carboxylic acids is 1. The van der Waals surface area contributed by atoms with Gasteiger partial charge >= 0.3 is 5.97 Å². The number of hydrogen-bond acceptors (Lipinski definition) is 3. The monoisotopic (exact) mass is 259 g/mol. The number of hydrogen-bond donors (Lipinski definition) is 2. The Morgan fingerprint density at radius 2 is 2.11 bits per heavy atom. The van der Waals surface area contributed by atoms with Gasteiger partial charge < -0.3 is 10.4 Å². The van der Waals surface area contributed by atoms with Crippen LogP contribution in [0.4, 0.5) is 5.69 Å². The van der Waals surface area contributed by atoms with Crippen molar-refractivity contribution in [3.63, 3.8) is 0 Å². The van der Waals surface area contributed by atoms with Gasteiger partial charge in [0.05, 0.1) is 5.56 Å². The van der Waals surface area contributed by atoms with Crippen molar-refractivity contribution in [2.24, 2.45) is 7.05 Å². The van der Waals surface area contributed by atoms with Crippen molar-refractivity contribution in [2.75, 3.05) is 5.32 Å². The average Bonchev–Trinajstić information content (AvgIpc) is 2.71. The van der Waals surface area contributed by atoms with Crippen molar-refractivity contribution >= 4 is 17.6 Å². The van der Waals surface area contributed by atoms with E-state index in [9.17, 15) is 9.59 Å². The van der Waals surface area contributed by atoms with Gasteiger partial charge in [-0.15, -0.1) is 0 Å². The average molecular weight is 259 g/mol. The van der Waals surface area contributed by atoms with E-state index >= 15 is 0 Å². The second kappa shape index (κ2) is 4.93. The number of carboxylic acid groups (broad SMARTS) is 1. The third kappa shape index (κ3) is 2.79. The van der Waals surface area contributed by atoms with E-state index in [1.165, 1.54) is 10.9 Å². The summed E-state index contributed by atoms with van der Waals surface area (Å²) < 4.78 is 1.30. The Kier molecular flexibility index (Phi) is 3.33. The van der Waals surface area contributed by atoms with Crippen LogP contribution in [0.15, 0.2) is 30.5 Å². The van der Waals surface area contributed by atoms with Crippen molar-refractivity contribution < 1.29 is 14.7 Å². The predicted molar refractivity (Wildman–Crippen MR) is 69.3 cm³/mol. The Morgan fingerprint density at radius 3 is 2.74 bits per heavy atom. The molecule has 6 heteroatoms. The molecular weight excluding hydrogens is 246 g/mol. The van der Waals surface area contributed by atoms with Gasteiger partial charge in [0.2, 0.25) is 0 Å². The molecule has 2 rings (SSSR count). The first-order valence-electron chi connectivity index (χ1n) is 5.62. The first-order chi connectivity index (χ1) is 8.97. The minimum atomic E-state index is -1.23. The van der Waals surface area contributed by atoms with Gasteiger partial charge in [0.25, 0.3) is 5.91 Å². The van der Waals surface area contributed by atoms with Crippen LogP contribution in [0.5, 0.6) is 0 Å². The molecule has 1 aromatic heterocycles. The molecule has 6 nitrogen and oxygen atoms in total. The second-order valence-corrected chi connectivity index (χ2v) is 4.19.